The fourth-order valence-electron chi connectivity index (χ4n) is 4.12. The van der Waals surface area contributed by atoms with Crippen molar-refractivity contribution in [3.05, 3.63) is 33.5 Å². The lowest BCUT2D eigenvalue weighted by atomic mass is 9.95. The van der Waals surface area contributed by atoms with Crippen LogP contribution in [0, 0.1) is 6.92 Å². The van der Waals surface area contributed by atoms with Gasteiger partial charge in [0.15, 0.2) is 5.82 Å². The van der Waals surface area contributed by atoms with Gasteiger partial charge in [-0.3, -0.25) is 4.79 Å². The average molecular weight is 374 g/mol. The smallest absolute Gasteiger partial charge is 0.264 e. The van der Waals surface area contributed by atoms with Crippen LogP contribution in [-0.4, -0.2) is 56.7 Å². The zero-order chi connectivity index (χ0) is 18.1. The fourth-order valence-corrected chi connectivity index (χ4v) is 5.01. The number of aryl methyl sites for hydroxylation is 1. The molecule has 0 aliphatic carbocycles. The van der Waals surface area contributed by atoms with Crippen molar-refractivity contribution < 1.29 is 4.79 Å². The Hall–Kier alpha value is -1.73. The first-order valence-electron chi connectivity index (χ1n) is 9.65. The summed E-state index contributed by atoms with van der Waals surface area (Å²) >= 11 is 1.53. The third-order valence-corrected chi connectivity index (χ3v) is 6.62. The first kappa shape index (κ1) is 17.7. The van der Waals surface area contributed by atoms with Gasteiger partial charge in [0.05, 0.1) is 11.4 Å². The highest BCUT2D eigenvalue weighted by atomic mass is 32.1. The second-order valence-electron chi connectivity index (χ2n) is 7.40. The minimum Gasteiger partial charge on any atom is -0.329 e. The van der Waals surface area contributed by atoms with E-state index in [1.165, 1.54) is 24.3 Å². The zero-order valence-corrected chi connectivity index (χ0v) is 16.5. The number of carbonyl (C=O) groups is 1. The molecule has 0 radical (unpaired) electrons. The summed E-state index contributed by atoms with van der Waals surface area (Å²) in [7, 11) is 0. The lowest BCUT2D eigenvalue weighted by Gasteiger charge is -2.33. The molecule has 6 nitrogen and oxygen atoms in total. The Morgan fingerprint density at radius 3 is 2.73 bits per heavy atom. The molecule has 26 heavy (non-hydrogen) atoms. The lowest BCUT2D eigenvalue weighted by Crippen LogP contribution is -2.39. The topological polar surface area (TPSA) is 54.3 Å². The maximum atomic E-state index is 12.8. The second-order valence-corrected chi connectivity index (χ2v) is 8.32. The summed E-state index contributed by atoms with van der Waals surface area (Å²) in [6.45, 7) is 9.87. The molecule has 4 heterocycles. The van der Waals surface area contributed by atoms with Crippen molar-refractivity contribution >= 4 is 17.2 Å². The summed E-state index contributed by atoms with van der Waals surface area (Å²) in [5.74, 6) is 2.70. The SMILES string of the molecule is CCCN1CCC(c2nnc3n2CCN(C(=O)c2sccc2C)C3)CC1. The highest BCUT2D eigenvalue weighted by Gasteiger charge is 2.30. The van der Waals surface area contributed by atoms with Crippen molar-refractivity contribution in [3.63, 3.8) is 0 Å². The van der Waals surface area contributed by atoms with Crippen molar-refractivity contribution in [2.75, 3.05) is 26.2 Å². The zero-order valence-electron chi connectivity index (χ0n) is 15.6. The number of piperidine rings is 1. The Kier molecular flexibility index (Phi) is 5.09. The molecule has 2 aliphatic rings. The second kappa shape index (κ2) is 7.48. The van der Waals surface area contributed by atoms with E-state index in [-0.39, 0.29) is 5.91 Å². The van der Waals surface area contributed by atoms with E-state index in [1.807, 2.05) is 23.3 Å². The molecule has 1 amide bonds. The Morgan fingerprint density at radius 2 is 2.04 bits per heavy atom. The number of hydrogen-bond acceptors (Lipinski definition) is 5. The van der Waals surface area contributed by atoms with Crippen LogP contribution in [0.25, 0.3) is 0 Å². The number of aromatic nitrogens is 3. The first-order chi connectivity index (χ1) is 12.7. The highest BCUT2D eigenvalue weighted by molar-refractivity contribution is 7.12. The Bertz CT molecular complexity index is 775. The van der Waals surface area contributed by atoms with Crippen LogP contribution in [0.3, 0.4) is 0 Å². The normalized spacial score (nSPS) is 18.9. The number of carbonyl (C=O) groups excluding carboxylic acids is 1. The summed E-state index contributed by atoms with van der Waals surface area (Å²) < 4.78 is 2.27. The molecule has 0 unspecified atom stereocenters. The molecule has 1 fully saturated rings. The van der Waals surface area contributed by atoms with Gasteiger partial charge >= 0.3 is 0 Å². The van der Waals surface area contributed by atoms with Crippen molar-refractivity contribution in [1.82, 2.24) is 24.6 Å². The molecule has 2 aromatic rings. The lowest BCUT2D eigenvalue weighted by molar-refractivity contribution is 0.0709. The maximum Gasteiger partial charge on any atom is 0.264 e. The maximum absolute atomic E-state index is 12.8. The summed E-state index contributed by atoms with van der Waals surface area (Å²) in [5.41, 5.74) is 1.06. The number of fused-ring (bicyclic) bond motifs is 1. The molecule has 1 saturated heterocycles. The quantitative estimate of drug-likeness (QED) is 0.827. The van der Waals surface area contributed by atoms with E-state index in [1.54, 1.807) is 0 Å². The molecule has 0 aromatic carbocycles. The standard InChI is InChI=1S/C19H27N5OS/c1-3-7-22-8-4-15(5-9-22)18-21-20-16-13-23(10-11-24(16)18)19(25)17-14(2)6-12-26-17/h6,12,15H,3-5,7-11,13H2,1-2H3. The number of nitrogens with zero attached hydrogens (tertiary/aromatic N) is 5. The first-order valence-corrected chi connectivity index (χ1v) is 10.5. The van der Waals surface area contributed by atoms with Gasteiger partial charge in [0.2, 0.25) is 0 Å². The molecule has 0 atom stereocenters. The van der Waals surface area contributed by atoms with Gasteiger partial charge in [-0.05, 0) is 62.8 Å². The van der Waals surface area contributed by atoms with Gasteiger partial charge < -0.3 is 14.4 Å². The molecule has 0 spiro atoms. The third kappa shape index (κ3) is 3.30. The van der Waals surface area contributed by atoms with Crippen LogP contribution in [-0.2, 0) is 13.1 Å². The van der Waals surface area contributed by atoms with E-state index < -0.39 is 0 Å². The summed E-state index contributed by atoms with van der Waals surface area (Å²) in [4.78, 5) is 18.1. The highest BCUT2D eigenvalue weighted by Crippen LogP contribution is 2.29. The van der Waals surface area contributed by atoms with Gasteiger partial charge in [0.25, 0.3) is 5.91 Å². The van der Waals surface area contributed by atoms with Gasteiger partial charge in [0, 0.05) is 19.0 Å². The number of thiophene rings is 1. The van der Waals surface area contributed by atoms with Crippen LogP contribution in [0.15, 0.2) is 11.4 Å². The van der Waals surface area contributed by atoms with E-state index in [9.17, 15) is 4.79 Å². The van der Waals surface area contributed by atoms with E-state index in [2.05, 4.69) is 26.6 Å². The third-order valence-electron chi connectivity index (χ3n) is 5.62. The molecule has 0 saturated carbocycles. The van der Waals surface area contributed by atoms with Crippen molar-refractivity contribution in [1.29, 1.82) is 0 Å². The predicted molar refractivity (Wildman–Crippen MR) is 103 cm³/mol. The molecule has 4 rings (SSSR count). The van der Waals surface area contributed by atoms with E-state index >= 15 is 0 Å². The monoisotopic (exact) mass is 373 g/mol. The van der Waals surface area contributed by atoms with Crippen LogP contribution in [0.2, 0.25) is 0 Å². The van der Waals surface area contributed by atoms with Gasteiger partial charge in [0.1, 0.15) is 5.82 Å². The molecule has 2 aliphatic heterocycles. The van der Waals surface area contributed by atoms with Gasteiger partial charge in [-0.2, -0.15) is 0 Å². The Morgan fingerprint density at radius 1 is 1.23 bits per heavy atom. The summed E-state index contributed by atoms with van der Waals surface area (Å²) in [6.07, 6.45) is 3.54. The molecule has 0 N–H and O–H groups in total. The van der Waals surface area contributed by atoms with Crippen molar-refractivity contribution in [2.24, 2.45) is 0 Å². The number of likely N-dealkylation sites (tertiary alicyclic amines) is 1. The van der Waals surface area contributed by atoms with E-state index in [0.29, 0.717) is 12.5 Å². The number of amides is 1. The minimum atomic E-state index is 0.126. The van der Waals surface area contributed by atoms with Crippen LogP contribution < -0.4 is 0 Å². The van der Waals surface area contributed by atoms with E-state index in [4.69, 9.17) is 0 Å². The average Bonchev–Trinajstić information content (AvgIpc) is 3.27. The molecule has 140 valence electrons. The number of rotatable bonds is 4. The summed E-state index contributed by atoms with van der Waals surface area (Å²) in [5, 5.41) is 10.9. The fraction of sp³-hybridized carbons (Fsp3) is 0.632. The molecule has 0 bridgehead atoms. The molecule has 7 heteroatoms. The Balaban J connectivity index is 1.44. The Labute approximate surface area is 158 Å². The van der Waals surface area contributed by atoms with Crippen LogP contribution >= 0.6 is 11.3 Å². The summed E-state index contributed by atoms with van der Waals surface area (Å²) in [6, 6.07) is 2.01. The van der Waals surface area contributed by atoms with Crippen molar-refractivity contribution in [2.45, 2.75) is 52.1 Å². The van der Waals surface area contributed by atoms with Gasteiger partial charge in [-0.15, -0.1) is 21.5 Å². The van der Waals surface area contributed by atoms with Crippen LogP contribution in [0.4, 0.5) is 0 Å². The van der Waals surface area contributed by atoms with Crippen LogP contribution in [0.1, 0.15) is 59.0 Å². The number of hydrogen-bond donors (Lipinski definition) is 0. The van der Waals surface area contributed by atoms with Crippen LogP contribution in [0.5, 0.6) is 0 Å². The van der Waals surface area contributed by atoms with E-state index in [0.717, 1.165) is 61.1 Å². The van der Waals surface area contributed by atoms with Crippen molar-refractivity contribution in [3.8, 4) is 0 Å². The molecular weight excluding hydrogens is 346 g/mol. The predicted octanol–water partition coefficient (Wildman–Crippen LogP) is 2.89. The molecular formula is C19H27N5OS. The van der Waals surface area contributed by atoms with Gasteiger partial charge in [-0.1, -0.05) is 6.92 Å². The van der Waals surface area contributed by atoms with Gasteiger partial charge in [-0.25, -0.2) is 0 Å². The molecule has 2 aromatic heterocycles. The minimum absolute atomic E-state index is 0.126. The largest absolute Gasteiger partial charge is 0.329 e.